The van der Waals surface area contributed by atoms with Crippen LogP contribution in [-0.2, 0) is 5.41 Å². The van der Waals surface area contributed by atoms with Gasteiger partial charge in [0.2, 0.25) is 0 Å². The molecule has 8 aromatic carbocycles. The van der Waals surface area contributed by atoms with Crippen LogP contribution >= 0.6 is 0 Å². The van der Waals surface area contributed by atoms with Crippen LogP contribution in [0.15, 0.2) is 225 Å². The van der Waals surface area contributed by atoms with E-state index in [1.54, 1.807) is 0 Å². The molecule has 1 spiro atoms. The molecule has 2 aromatic heterocycles. The molecule has 10 aromatic rings. The molecule has 0 fully saturated rings. The van der Waals surface area contributed by atoms with Gasteiger partial charge in [0.25, 0.3) is 0 Å². The topological polar surface area (TPSA) is 38.7 Å². The van der Waals surface area contributed by atoms with Crippen LogP contribution in [0.4, 0.5) is 0 Å². The second-order valence-corrected chi connectivity index (χ2v) is 15.9. The van der Waals surface area contributed by atoms with Crippen LogP contribution in [0.3, 0.4) is 0 Å². The highest BCUT2D eigenvalue weighted by Gasteiger charge is 2.51. The maximum atomic E-state index is 5.07. The van der Waals surface area contributed by atoms with Gasteiger partial charge >= 0.3 is 0 Å². The Labute approximate surface area is 355 Å². The van der Waals surface area contributed by atoms with Gasteiger partial charge in [0.15, 0.2) is 5.82 Å². The Balaban J connectivity index is 0.875. The quantitative estimate of drug-likeness (QED) is 0.169. The Hall–Kier alpha value is -8.01. The van der Waals surface area contributed by atoms with Crippen molar-refractivity contribution in [2.45, 2.75) is 5.41 Å². The smallest absolute Gasteiger partial charge is 0.160 e. The molecule has 2 aliphatic rings. The highest BCUT2D eigenvalue weighted by molar-refractivity contribution is 5.96. The van der Waals surface area contributed by atoms with Gasteiger partial charge in [-0.25, -0.2) is 9.97 Å². The number of benzene rings is 8. The molecular weight excluding hydrogens is 739 g/mol. The molecule has 2 heterocycles. The van der Waals surface area contributed by atoms with Crippen LogP contribution in [0, 0.1) is 0 Å². The van der Waals surface area contributed by atoms with Gasteiger partial charge in [0.1, 0.15) is 0 Å². The van der Waals surface area contributed by atoms with Crippen molar-refractivity contribution in [1.82, 2.24) is 15.0 Å². The summed E-state index contributed by atoms with van der Waals surface area (Å²) < 4.78 is 0. The minimum atomic E-state index is -0.354. The molecule has 0 aliphatic heterocycles. The molecule has 0 atom stereocenters. The standard InChI is InChI=1S/C58H37N3/c1-3-13-41(14-4-1)54-34-32-45(37-59-54)56-36-55(60-57(61-56)43-15-5-2-6-16-43)42-29-27-39(28-30-42)38-23-25-40(26-24-38)44-31-33-49-48-19-9-12-22-52(48)58(53(49)35-44)50-20-10-7-17-46(50)47-18-8-11-21-51(47)58/h1-37H. The molecule has 61 heavy (non-hydrogen) atoms. The molecule has 2 aliphatic carbocycles. The zero-order chi connectivity index (χ0) is 40.3. The van der Waals surface area contributed by atoms with Crippen molar-refractivity contribution >= 4 is 0 Å². The van der Waals surface area contributed by atoms with Crippen molar-refractivity contribution in [3.63, 3.8) is 0 Å². The second kappa shape index (κ2) is 14.1. The van der Waals surface area contributed by atoms with Gasteiger partial charge in [-0.05, 0) is 91.0 Å². The summed E-state index contributed by atoms with van der Waals surface area (Å²) >= 11 is 0. The van der Waals surface area contributed by atoms with Gasteiger partial charge in [-0.3, -0.25) is 4.98 Å². The third kappa shape index (κ3) is 5.62. The van der Waals surface area contributed by atoms with Crippen molar-refractivity contribution in [3.05, 3.63) is 247 Å². The van der Waals surface area contributed by atoms with Gasteiger partial charge in [-0.15, -0.1) is 0 Å². The van der Waals surface area contributed by atoms with Crippen LogP contribution in [0.5, 0.6) is 0 Å². The number of aromatic nitrogens is 3. The van der Waals surface area contributed by atoms with Gasteiger partial charge in [0.05, 0.1) is 22.5 Å². The number of hydrogen-bond donors (Lipinski definition) is 0. The highest BCUT2D eigenvalue weighted by atomic mass is 14.9. The van der Waals surface area contributed by atoms with E-state index in [0.717, 1.165) is 50.5 Å². The lowest BCUT2D eigenvalue weighted by Gasteiger charge is -2.30. The lowest BCUT2D eigenvalue weighted by Crippen LogP contribution is -2.25. The Morgan fingerprint density at radius 1 is 0.262 bits per heavy atom. The molecule has 3 heteroatoms. The zero-order valence-corrected chi connectivity index (χ0v) is 33.2. The van der Waals surface area contributed by atoms with Crippen molar-refractivity contribution < 1.29 is 0 Å². The van der Waals surface area contributed by atoms with E-state index in [-0.39, 0.29) is 5.41 Å². The molecule has 0 N–H and O–H groups in total. The summed E-state index contributed by atoms with van der Waals surface area (Å²) in [6.07, 6.45) is 1.91. The van der Waals surface area contributed by atoms with Gasteiger partial charge in [-0.1, -0.05) is 194 Å². The first-order chi connectivity index (χ1) is 30.2. The average molecular weight is 776 g/mol. The molecule has 0 radical (unpaired) electrons. The number of rotatable bonds is 6. The van der Waals surface area contributed by atoms with Crippen LogP contribution in [0.1, 0.15) is 22.3 Å². The molecule has 0 saturated carbocycles. The van der Waals surface area contributed by atoms with Crippen LogP contribution in [-0.4, -0.2) is 15.0 Å². The SMILES string of the molecule is c1ccc(-c2ccc(-c3cc(-c4ccc(-c5ccc(-c6ccc7c(c6)C6(c8ccccc8-c8ccccc86)c6ccccc6-7)cc5)cc4)nc(-c4ccccc4)n3)cn2)cc1. The molecular formula is C58H37N3. The lowest BCUT2D eigenvalue weighted by molar-refractivity contribution is 0.794. The van der Waals surface area contributed by atoms with E-state index in [4.69, 9.17) is 15.0 Å². The first-order valence-corrected chi connectivity index (χ1v) is 20.8. The number of nitrogens with zero attached hydrogens (tertiary/aromatic N) is 3. The van der Waals surface area contributed by atoms with Crippen LogP contribution in [0.2, 0.25) is 0 Å². The van der Waals surface area contributed by atoms with Gasteiger partial charge in [0, 0.05) is 28.5 Å². The Morgan fingerprint density at radius 3 is 1.21 bits per heavy atom. The lowest BCUT2D eigenvalue weighted by atomic mass is 9.70. The van der Waals surface area contributed by atoms with E-state index in [0.29, 0.717) is 5.82 Å². The molecule has 12 rings (SSSR count). The maximum Gasteiger partial charge on any atom is 0.160 e. The molecule has 0 saturated heterocycles. The van der Waals surface area contributed by atoms with Gasteiger partial charge < -0.3 is 0 Å². The maximum absolute atomic E-state index is 5.07. The summed E-state index contributed by atoms with van der Waals surface area (Å²) in [5.41, 5.74) is 21.7. The van der Waals surface area contributed by atoms with E-state index in [1.165, 1.54) is 55.6 Å². The minimum Gasteiger partial charge on any atom is -0.256 e. The summed E-state index contributed by atoms with van der Waals surface area (Å²) in [6, 6.07) is 78.4. The zero-order valence-electron chi connectivity index (χ0n) is 33.2. The fraction of sp³-hybridized carbons (Fsp3) is 0.0172. The molecule has 0 unspecified atom stereocenters. The van der Waals surface area contributed by atoms with E-state index in [9.17, 15) is 0 Å². The van der Waals surface area contributed by atoms with Crippen molar-refractivity contribution in [3.8, 4) is 89.7 Å². The predicted octanol–water partition coefficient (Wildman–Crippen LogP) is 14.2. The second-order valence-electron chi connectivity index (χ2n) is 15.9. The molecule has 0 amide bonds. The number of fused-ring (bicyclic) bond motifs is 10. The van der Waals surface area contributed by atoms with Gasteiger partial charge in [-0.2, -0.15) is 0 Å². The number of hydrogen-bond acceptors (Lipinski definition) is 3. The highest BCUT2D eigenvalue weighted by Crippen LogP contribution is 2.63. The Kier molecular flexibility index (Phi) is 8.07. The summed E-state index contributed by atoms with van der Waals surface area (Å²) in [6.45, 7) is 0. The van der Waals surface area contributed by atoms with Crippen molar-refractivity contribution in [1.29, 1.82) is 0 Å². The van der Waals surface area contributed by atoms with Crippen molar-refractivity contribution in [2.24, 2.45) is 0 Å². The van der Waals surface area contributed by atoms with Crippen LogP contribution in [0.25, 0.3) is 89.7 Å². The molecule has 284 valence electrons. The average Bonchev–Trinajstić information content (AvgIpc) is 3.82. The normalized spacial score (nSPS) is 12.7. The van der Waals surface area contributed by atoms with E-state index in [1.807, 2.05) is 42.6 Å². The van der Waals surface area contributed by atoms with E-state index in [2.05, 4.69) is 182 Å². The summed E-state index contributed by atoms with van der Waals surface area (Å²) in [7, 11) is 0. The fourth-order valence-corrected chi connectivity index (χ4v) is 9.75. The monoisotopic (exact) mass is 775 g/mol. The summed E-state index contributed by atoms with van der Waals surface area (Å²) in [5.74, 6) is 0.683. The third-order valence-corrected chi connectivity index (χ3v) is 12.6. The number of pyridine rings is 1. The first kappa shape index (κ1) is 35.0. The summed E-state index contributed by atoms with van der Waals surface area (Å²) in [5, 5.41) is 0. The van der Waals surface area contributed by atoms with Crippen LogP contribution < -0.4 is 0 Å². The molecule has 0 bridgehead atoms. The Bertz CT molecular complexity index is 3200. The van der Waals surface area contributed by atoms with E-state index < -0.39 is 0 Å². The first-order valence-electron chi connectivity index (χ1n) is 20.8. The summed E-state index contributed by atoms with van der Waals surface area (Å²) in [4.78, 5) is 14.9. The third-order valence-electron chi connectivity index (χ3n) is 12.6. The fourth-order valence-electron chi connectivity index (χ4n) is 9.75. The molecule has 3 nitrogen and oxygen atoms in total. The largest absolute Gasteiger partial charge is 0.256 e. The van der Waals surface area contributed by atoms with E-state index >= 15 is 0 Å². The van der Waals surface area contributed by atoms with Crippen molar-refractivity contribution in [2.75, 3.05) is 0 Å². The predicted molar refractivity (Wildman–Crippen MR) is 249 cm³/mol. The minimum absolute atomic E-state index is 0.354. The Morgan fingerprint density at radius 2 is 0.672 bits per heavy atom.